The first-order chi connectivity index (χ1) is 9.45. The van der Waals surface area contributed by atoms with Gasteiger partial charge in [-0.1, -0.05) is 13.3 Å². The number of nitrogens with zero attached hydrogens (tertiary/aromatic N) is 1. The summed E-state index contributed by atoms with van der Waals surface area (Å²) in [6, 6.07) is 0.0923. The van der Waals surface area contributed by atoms with Gasteiger partial charge < -0.3 is 0 Å². The second kappa shape index (κ2) is 5.58. The molecule has 0 aromatic rings. The van der Waals surface area contributed by atoms with Gasteiger partial charge in [-0.05, 0) is 62.7 Å². The Kier molecular flexibility index (Phi) is 4.13. The summed E-state index contributed by atoms with van der Waals surface area (Å²) >= 11 is 0. The summed E-state index contributed by atoms with van der Waals surface area (Å²) < 4.78 is 29.6. The van der Waals surface area contributed by atoms with Crippen LogP contribution >= 0.6 is 0 Å². The summed E-state index contributed by atoms with van der Waals surface area (Å²) in [5.41, 5.74) is 0. The maximum atomic E-state index is 12.5. The van der Waals surface area contributed by atoms with Crippen LogP contribution in [0.4, 0.5) is 0 Å². The molecule has 0 aromatic carbocycles. The zero-order chi connectivity index (χ0) is 14.3. The van der Waals surface area contributed by atoms with E-state index >= 15 is 0 Å². The Bertz CT molecular complexity index is 443. The maximum Gasteiger partial charge on any atom is 0.279 e. The van der Waals surface area contributed by atoms with Crippen LogP contribution in [0.1, 0.15) is 52.4 Å². The largest absolute Gasteiger partial charge is 0.279 e. The van der Waals surface area contributed by atoms with Crippen molar-refractivity contribution in [3.8, 4) is 0 Å². The van der Waals surface area contributed by atoms with E-state index in [1.165, 1.54) is 25.7 Å². The summed E-state index contributed by atoms with van der Waals surface area (Å²) in [6.07, 6.45) is 7.21. The summed E-state index contributed by atoms with van der Waals surface area (Å²) in [4.78, 5) is 0. The van der Waals surface area contributed by atoms with Gasteiger partial charge >= 0.3 is 0 Å². The number of piperidine rings is 1. The minimum atomic E-state index is -3.28. The first-order valence-electron chi connectivity index (χ1n) is 8.23. The van der Waals surface area contributed by atoms with Gasteiger partial charge in [0.1, 0.15) is 0 Å². The van der Waals surface area contributed by atoms with E-state index in [0.29, 0.717) is 24.9 Å². The lowest BCUT2D eigenvalue weighted by molar-refractivity contribution is 0.261. The maximum absolute atomic E-state index is 12.5. The van der Waals surface area contributed by atoms with E-state index in [9.17, 15) is 8.42 Å². The zero-order valence-corrected chi connectivity index (χ0v) is 13.5. The van der Waals surface area contributed by atoms with Gasteiger partial charge in [0, 0.05) is 19.1 Å². The highest BCUT2D eigenvalue weighted by Gasteiger charge is 2.43. The third-order valence-corrected chi connectivity index (χ3v) is 7.57. The van der Waals surface area contributed by atoms with Crippen LogP contribution in [0.15, 0.2) is 0 Å². The molecule has 116 valence electrons. The summed E-state index contributed by atoms with van der Waals surface area (Å²) in [6.45, 7) is 5.63. The fourth-order valence-electron chi connectivity index (χ4n) is 4.53. The van der Waals surface area contributed by atoms with E-state index in [1.807, 2.05) is 0 Å². The molecule has 0 amide bonds. The lowest BCUT2D eigenvalue weighted by Crippen LogP contribution is -2.49. The summed E-state index contributed by atoms with van der Waals surface area (Å²) in [5, 5.41) is 0. The SMILES string of the molecule is CC1CCN(S(=O)(=O)N[C@H](C)[C@H]2C[C@H]3CC[C@H]2C3)CC1. The fourth-order valence-corrected chi connectivity index (χ4v) is 6.01. The number of rotatable bonds is 4. The van der Waals surface area contributed by atoms with E-state index in [4.69, 9.17) is 0 Å². The predicted octanol–water partition coefficient (Wildman–Crippen LogP) is 2.38. The van der Waals surface area contributed by atoms with Crippen molar-refractivity contribution < 1.29 is 8.42 Å². The molecule has 5 heteroatoms. The molecule has 0 spiro atoms. The smallest absolute Gasteiger partial charge is 0.199 e. The van der Waals surface area contributed by atoms with Crippen molar-refractivity contribution in [1.29, 1.82) is 0 Å². The van der Waals surface area contributed by atoms with Gasteiger partial charge in [0.15, 0.2) is 0 Å². The van der Waals surface area contributed by atoms with E-state index in [2.05, 4.69) is 18.6 Å². The molecule has 2 aliphatic carbocycles. The van der Waals surface area contributed by atoms with Gasteiger partial charge in [-0.25, -0.2) is 0 Å². The topological polar surface area (TPSA) is 49.4 Å². The first kappa shape index (κ1) is 14.8. The van der Waals surface area contributed by atoms with Crippen LogP contribution in [0.3, 0.4) is 0 Å². The van der Waals surface area contributed by atoms with Gasteiger partial charge in [0.25, 0.3) is 10.2 Å². The van der Waals surface area contributed by atoms with Crippen molar-refractivity contribution in [2.75, 3.05) is 13.1 Å². The van der Waals surface area contributed by atoms with E-state index < -0.39 is 10.2 Å². The number of hydrogen-bond acceptors (Lipinski definition) is 2. The molecule has 4 atom stereocenters. The summed E-state index contributed by atoms with van der Waals surface area (Å²) in [5.74, 6) is 2.85. The van der Waals surface area contributed by atoms with Crippen molar-refractivity contribution in [3.63, 3.8) is 0 Å². The number of fused-ring (bicyclic) bond motifs is 2. The molecule has 4 nitrogen and oxygen atoms in total. The third-order valence-electron chi connectivity index (χ3n) is 5.85. The van der Waals surface area contributed by atoms with Gasteiger partial charge in [-0.15, -0.1) is 0 Å². The normalized spacial score (nSPS) is 37.4. The molecule has 3 fully saturated rings. The van der Waals surface area contributed by atoms with Crippen LogP contribution in [0.2, 0.25) is 0 Å². The quantitative estimate of drug-likeness (QED) is 0.866. The minimum absolute atomic E-state index is 0.0923. The molecule has 20 heavy (non-hydrogen) atoms. The minimum Gasteiger partial charge on any atom is -0.199 e. The molecule has 2 bridgehead atoms. The zero-order valence-electron chi connectivity index (χ0n) is 12.7. The van der Waals surface area contributed by atoms with Gasteiger partial charge in [-0.3, -0.25) is 0 Å². The second-order valence-corrected chi connectivity index (χ2v) is 9.03. The molecule has 1 heterocycles. The van der Waals surface area contributed by atoms with Crippen LogP contribution in [0.25, 0.3) is 0 Å². The highest BCUT2D eigenvalue weighted by atomic mass is 32.2. The Hall–Kier alpha value is -0.130. The van der Waals surface area contributed by atoms with Crippen LogP contribution in [0.5, 0.6) is 0 Å². The monoisotopic (exact) mass is 300 g/mol. The average Bonchev–Trinajstić information content (AvgIpc) is 3.01. The van der Waals surface area contributed by atoms with Crippen LogP contribution in [-0.2, 0) is 10.2 Å². The Morgan fingerprint density at radius 3 is 2.35 bits per heavy atom. The fraction of sp³-hybridized carbons (Fsp3) is 1.00. The predicted molar refractivity (Wildman–Crippen MR) is 80.4 cm³/mol. The molecule has 0 unspecified atom stereocenters. The highest BCUT2D eigenvalue weighted by molar-refractivity contribution is 7.87. The molecular weight excluding hydrogens is 272 g/mol. The lowest BCUT2D eigenvalue weighted by atomic mass is 9.84. The van der Waals surface area contributed by atoms with Crippen LogP contribution < -0.4 is 4.72 Å². The van der Waals surface area contributed by atoms with Crippen LogP contribution in [0, 0.1) is 23.7 Å². The molecule has 1 aliphatic heterocycles. The van der Waals surface area contributed by atoms with Crippen molar-refractivity contribution in [2.45, 2.75) is 58.4 Å². The molecule has 3 rings (SSSR count). The molecule has 1 N–H and O–H groups in total. The van der Waals surface area contributed by atoms with Crippen molar-refractivity contribution in [2.24, 2.45) is 23.7 Å². The molecule has 3 aliphatic rings. The van der Waals surface area contributed by atoms with E-state index in [0.717, 1.165) is 24.7 Å². The molecule has 0 radical (unpaired) electrons. The van der Waals surface area contributed by atoms with Crippen molar-refractivity contribution in [1.82, 2.24) is 9.03 Å². The molecule has 1 saturated heterocycles. The second-order valence-electron chi connectivity index (χ2n) is 7.33. The molecular formula is C15H28N2O2S. The van der Waals surface area contributed by atoms with Gasteiger partial charge in [-0.2, -0.15) is 17.4 Å². The Balaban J connectivity index is 1.58. The standard InChI is InChI=1S/C15H28N2O2S/c1-11-5-7-17(8-6-11)20(18,19)16-12(2)15-10-13-3-4-14(15)9-13/h11-16H,3-10H2,1-2H3/t12-,13+,14+,15-/m1/s1. The Morgan fingerprint density at radius 1 is 1.10 bits per heavy atom. The lowest BCUT2D eigenvalue weighted by Gasteiger charge is -2.33. The average molecular weight is 300 g/mol. The van der Waals surface area contributed by atoms with E-state index in [-0.39, 0.29) is 6.04 Å². The Morgan fingerprint density at radius 2 is 1.80 bits per heavy atom. The van der Waals surface area contributed by atoms with Crippen LogP contribution in [-0.4, -0.2) is 31.9 Å². The summed E-state index contributed by atoms with van der Waals surface area (Å²) in [7, 11) is -3.28. The first-order valence-corrected chi connectivity index (χ1v) is 9.67. The van der Waals surface area contributed by atoms with Crippen molar-refractivity contribution >= 4 is 10.2 Å². The number of hydrogen-bond donors (Lipinski definition) is 1. The Labute approximate surface area is 123 Å². The number of nitrogens with one attached hydrogen (secondary N) is 1. The third kappa shape index (κ3) is 2.90. The van der Waals surface area contributed by atoms with Crippen molar-refractivity contribution in [3.05, 3.63) is 0 Å². The molecule has 2 saturated carbocycles. The van der Waals surface area contributed by atoms with E-state index in [1.54, 1.807) is 4.31 Å². The van der Waals surface area contributed by atoms with Gasteiger partial charge in [0.05, 0.1) is 0 Å². The molecule has 0 aromatic heterocycles. The highest BCUT2D eigenvalue weighted by Crippen LogP contribution is 2.49. The van der Waals surface area contributed by atoms with Gasteiger partial charge in [0.2, 0.25) is 0 Å².